The van der Waals surface area contributed by atoms with E-state index in [0.29, 0.717) is 0 Å². The molecule has 4 heteroatoms. The van der Waals surface area contributed by atoms with Crippen LogP contribution in [0.25, 0.3) is 0 Å². The molecule has 0 amide bonds. The summed E-state index contributed by atoms with van der Waals surface area (Å²) in [6.07, 6.45) is 1.22. The monoisotopic (exact) mass is 367 g/mol. The Morgan fingerprint density at radius 3 is 2.76 bits per heavy atom. The third kappa shape index (κ3) is 4.94. The van der Waals surface area contributed by atoms with E-state index in [4.69, 9.17) is 16.3 Å². The Balaban J connectivity index is 1.99. The van der Waals surface area contributed by atoms with Crippen molar-refractivity contribution in [2.24, 2.45) is 0 Å². The van der Waals surface area contributed by atoms with Gasteiger partial charge in [0.25, 0.3) is 0 Å². The zero-order valence-corrected chi connectivity index (χ0v) is 14.5. The Kier molecular flexibility index (Phi) is 5.95. The minimum Gasteiger partial charge on any atom is -0.491 e. The normalized spacial score (nSPS) is 12.0. The SMILES string of the molecule is CCC(C)Oc1cccc(NCc2ccc(Br)c(Cl)c2)c1. The highest BCUT2D eigenvalue weighted by Gasteiger charge is 2.03. The Morgan fingerprint density at radius 1 is 1.24 bits per heavy atom. The predicted octanol–water partition coefficient (Wildman–Crippen LogP) is 5.89. The Labute approximate surface area is 139 Å². The third-order valence-corrected chi connectivity index (χ3v) is 4.46. The molecule has 0 aliphatic carbocycles. The lowest BCUT2D eigenvalue weighted by Gasteiger charge is -2.14. The molecule has 0 fully saturated rings. The summed E-state index contributed by atoms with van der Waals surface area (Å²) in [5.41, 5.74) is 2.17. The lowest BCUT2D eigenvalue weighted by atomic mass is 10.2. The van der Waals surface area contributed by atoms with E-state index < -0.39 is 0 Å². The second-order valence-corrected chi connectivity index (χ2v) is 6.23. The van der Waals surface area contributed by atoms with E-state index in [1.807, 2.05) is 42.5 Å². The Bertz CT molecular complexity index is 603. The fraction of sp³-hybridized carbons (Fsp3) is 0.294. The van der Waals surface area contributed by atoms with E-state index >= 15 is 0 Å². The number of rotatable bonds is 6. The van der Waals surface area contributed by atoms with Crippen molar-refractivity contribution in [2.45, 2.75) is 32.9 Å². The van der Waals surface area contributed by atoms with E-state index in [1.165, 1.54) is 0 Å². The molecular formula is C17H19BrClNO. The van der Waals surface area contributed by atoms with Gasteiger partial charge in [-0.3, -0.25) is 0 Å². The lowest BCUT2D eigenvalue weighted by molar-refractivity contribution is 0.217. The van der Waals surface area contributed by atoms with Crippen LogP contribution in [0.2, 0.25) is 5.02 Å². The number of hydrogen-bond donors (Lipinski definition) is 1. The molecule has 2 aromatic rings. The summed E-state index contributed by atoms with van der Waals surface area (Å²) < 4.78 is 6.74. The molecule has 0 aliphatic heterocycles. The van der Waals surface area contributed by atoms with E-state index in [2.05, 4.69) is 35.1 Å². The standard InChI is InChI=1S/C17H19BrClNO/c1-3-12(2)21-15-6-4-5-14(10-15)20-11-13-7-8-16(18)17(19)9-13/h4-10,12,20H,3,11H2,1-2H3. The number of ether oxygens (including phenoxy) is 1. The fourth-order valence-electron chi connectivity index (χ4n) is 1.85. The van der Waals surface area contributed by atoms with Crippen molar-refractivity contribution in [2.75, 3.05) is 5.32 Å². The van der Waals surface area contributed by atoms with Crippen LogP contribution in [0.1, 0.15) is 25.8 Å². The van der Waals surface area contributed by atoms with Gasteiger partial charge in [0, 0.05) is 22.8 Å². The van der Waals surface area contributed by atoms with Crippen molar-refractivity contribution in [1.29, 1.82) is 0 Å². The van der Waals surface area contributed by atoms with Crippen LogP contribution in [0.5, 0.6) is 5.75 Å². The first-order valence-corrected chi connectivity index (χ1v) is 8.20. The average Bonchev–Trinajstić information content (AvgIpc) is 2.49. The first kappa shape index (κ1) is 16.2. The zero-order valence-electron chi connectivity index (χ0n) is 12.2. The molecule has 1 unspecified atom stereocenters. The third-order valence-electron chi connectivity index (χ3n) is 3.23. The number of benzene rings is 2. The number of anilines is 1. The number of halogens is 2. The molecule has 2 rings (SSSR count). The van der Waals surface area contributed by atoms with Crippen molar-refractivity contribution in [3.05, 3.63) is 57.5 Å². The highest BCUT2D eigenvalue weighted by Crippen LogP contribution is 2.24. The summed E-state index contributed by atoms with van der Waals surface area (Å²) in [6, 6.07) is 14.0. The Morgan fingerprint density at radius 2 is 2.05 bits per heavy atom. The summed E-state index contributed by atoms with van der Waals surface area (Å²) in [5, 5.41) is 4.11. The second kappa shape index (κ2) is 7.71. The molecule has 112 valence electrons. The smallest absolute Gasteiger partial charge is 0.121 e. The van der Waals surface area contributed by atoms with Gasteiger partial charge in [-0.05, 0) is 59.1 Å². The van der Waals surface area contributed by atoms with E-state index in [-0.39, 0.29) is 6.10 Å². The molecule has 0 radical (unpaired) electrons. The Hall–Kier alpha value is -1.19. The van der Waals surface area contributed by atoms with Crippen molar-refractivity contribution in [3.63, 3.8) is 0 Å². The van der Waals surface area contributed by atoms with E-state index in [1.54, 1.807) is 0 Å². The number of nitrogens with one attached hydrogen (secondary N) is 1. The summed E-state index contributed by atoms with van der Waals surface area (Å²) in [5.74, 6) is 0.892. The van der Waals surface area contributed by atoms with E-state index in [9.17, 15) is 0 Å². The highest BCUT2D eigenvalue weighted by molar-refractivity contribution is 9.10. The molecule has 0 aromatic heterocycles. The van der Waals surface area contributed by atoms with Crippen molar-refractivity contribution in [3.8, 4) is 5.75 Å². The second-order valence-electron chi connectivity index (χ2n) is 4.97. The maximum Gasteiger partial charge on any atom is 0.121 e. The van der Waals surface area contributed by atoms with Crippen LogP contribution >= 0.6 is 27.5 Å². The van der Waals surface area contributed by atoms with Crippen LogP contribution in [0.15, 0.2) is 46.9 Å². The minimum absolute atomic E-state index is 0.227. The van der Waals surface area contributed by atoms with Crippen LogP contribution in [-0.2, 0) is 6.54 Å². The van der Waals surface area contributed by atoms with Gasteiger partial charge >= 0.3 is 0 Å². The molecule has 0 spiro atoms. The quantitative estimate of drug-likeness (QED) is 0.686. The maximum absolute atomic E-state index is 6.10. The summed E-state index contributed by atoms with van der Waals surface area (Å²) >= 11 is 9.50. The van der Waals surface area contributed by atoms with Gasteiger partial charge in [0.05, 0.1) is 11.1 Å². The van der Waals surface area contributed by atoms with Gasteiger partial charge < -0.3 is 10.1 Å². The first-order chi connectivity index (χ1) is 10.1. The summed E-state index contributed by atoms with van der Waals surface area (Å²) in [7, 11) is 0. The average molecular weight is 369 g/mol. The van der Waals surface area contributed by atoms with Gasteiger partial charge in [0.15, 0.2) is 0 Å². The maximum atomic E-state index is 6.10. The molecule has 0 bridgehead atoms. The van der Waals surface area contributed by atoms with Crippen LogP contribution in [-0.4, -0.2) is 6.10 Å². The predicted molar refractivity (Wildman–Crippen MR) is 93.3 cm³/mol. The summed E-state index contributed by atoms with van der Waals surface area (Å²) in [4.78, 5) is 0. The van der Waals surface area contributed by atoms with Gasteiger partial charge in [-0.1, -0.05) is 30.7 Å². The molecular weight excluding hydrogens is 350 g/mol. The van der Waals surface area contributed by atoms with Gasteiger partial charge in [-0.25, -0.2) is 0 Å². The van der Waals surface area contributed by atoms with E-state index in [0.717, 1.165) is 39.5 Å². The topological polar surface area (TPSA) is 21.3 Å². The molecule has 1 N–H and O–H groups in total. The highest BCUT2D eigenvalue weighted by atomic mass is 79.9. The van der Waals surface area contributed by atoms with Crippen molar-refractivity contribution in [1.82, 2.24) is 0 Å². The van der Waals surface area contributed by atoms with Crippen LogP contribution in [0.4, 0.5) is 5.69 Å². The van der Waals surface area contributed by atoms with Crippen LogP contribution in [0, 0.1) is 0 Å². The van der Waals surface area contributed by atoms with Crippen molar-refractivity contribution >= 4 is 33.2 Å². The molecule has 0 saturated heterocycles. The van der Waals surface area contributed by atoms with Gasteiger partial charge in [-0.2, -0.15) is 0 Å². The minimum atomic E-state index is 0.227. The molecule has 2 nitrogen and oxygen atoms in total. The molecule has 21 heavy (non-hydrogen) atoms. The molecule has 1 atom stereocenters. The van der Waals surface area contributed by atoms with Gasteiger partial charge in [0.2, 0.25) is 0 Å². The molecule has 0 aliphatic rings. The first-order valence-electron chi connectivity index (χ1n) is 7.03. The molecule has 2 aromatic carbocycles. The van der Waals surface area contributed by atoms with Gasteiger partial charge in [0.1, 0.15) is 5.75 Å². The lowest BCUT2D eigenvalue weighted by Crippen LogP contribution is -2.09. The van der Waals surface area contributed by atoms with Gasteiger partial charge in [-0.15, -0.1) is 0 Å². The number of hydrogen-bond acceptors (Lipinski definition) is 2. The fourth-order valence-corrected chi connectivity index (χ4v) is 2.30. The van der Waals surface area contributed by atoms with Crippen LogP contribution in [0.3, 0.4) is 0 Å². The molecule has 0 saturated carbocycles. The molecule has 0 heterocycles. The summed E-state index contributed by atoms with van der Waals surface area (Å²) in [6.45, 7) is 4.91. The van der Waals surface area contributed by atoms with Crippen molar-refractivity contribution < 1.29 is 4.74 Å². The largest absolute Gasteiger partial charge is 0.491 e. The van der Waals surface area contributed by atoms with Crippen LogP contribution < -0.4 is 10.1 Å². The zero-order chi connectivity index (χ0) is 15.2.